The molecule has 2 aliphatic carbocycles. The maximum Gasteiger partial charge on any atom is 0.356 e. The van der Waals surface area contributed by atoms with Crippen LogP contribution >= 0.6 is 0 Å². The normalized spacial score (nSPS) is 12.2. The van der Waals surface area contributed by atoms with Crippen molar-refractivity contribution in [3.05, 3.63) is 107 Å². The van der Waals surface area contributed by atoms with Gasteiger partial charge in [-0.3, -0.25) is 9.78 Å². The van der Waals surface area contributed by atoms with Crippen molar-refractivity contribution in [2.45, 2.75) is 52.5 Å². The summed E-state index contributed by atoms with van der Waals surface area (Å²) in [5, 5.41) is 21.4. The van der Waals surface area contributed by atoms with E-state index in [4.69, 9.17) is 19.6 Å². The van der Waals surface area contributed by atoms with Gasteiger partial charge in [0.1, 0.15) is 22.8 Å². The number of H-pyrrole nitrogens is 1. The zero-order valence-corrected chi connectivity index (χ0v) is 31.1. The molecule has 0 aliphatic heterocycles. The average molecular weight is 742 g/mol. The number of hydrogen-bond acceptors (Lipinski definition) is 13. The molecule has 0 bridgehead atoms. The number of aromatic nitrogens is 8. The second-order valence-corrected chi connectivity index (χ2v) is 12.8. The van der Waals surface area contributed by atoms with Gasteiger partial charge in [0.2, 0.25) is 11.9 Å². The third-order valence-electron chi connectivity index (χ3n) is 9.19. The Labute approximate surface area is 318 Å². The molecule has 2 aromatic carbocycles. The summed E-state index contributed by atoms with van der Waals surface area (Å²) < 4.78 is 12.2. The van der Waals surface area contributed by atoms with Crippen LogP contribution in [0.2, 0.25) is 0 Å². The van der Waals surface area contributed by atoms with Gasteiger partial charge in [-0.1, -0.05) is 36.4 Å². The van der Waals surface area contributed by atoms with Crippen LogP contribution in [0.25, 0.3) is 22.8 Å². The van der Waals surface area contributed by atoms with Gasteiger partial charge in [-0.15, -0.1) is 0 Å². The molecule has 0 fully saturated rings. The fourth-order valence-electron chi connectivity index (χ4n) is 6.63. The zero-order chi connectivity index (χ0) is 38.1. The highest BCUT2D eigenvalue weighted by Gasteiger charge is 2.31. The van der Waals surface area contributed by atoms with Crippen LogP contribution in [-0.2, 0) is 41.7 Å². The summed E-state index contributed by atoms with van der Waals surface area (Å²) in [4.78, 5) is 43.0. The van der Waals surface area contributed by atoms with Crippen molar-refractivity contribution in [2.24, 2.45) is 0 Å². The van der Waals surface area contributed by atoms with Gasteiger partial charge < -0.3 is 25.4 Å². The number of aromatic amines is 1. The summed E-state index contributed by atoms with van der Waals surface area (Å²) in [7, 11) is 1.91. The molecular formula is C40H43N11O4. The Hall–Kier alpha value is -6.48. The minimum atomic E-state index is -0.378. The largest absolute Gasteiger partial charge is 0.461 e. The first-order valence-electron chi connectivity index (χ1n) is 18.5. The van der Waals surface area contributed by atoms with E-state index in [2.05, 4.69) is 41.1 Å². The molecule has 15 heteroatoms. The van der Waals surface area contributed by atoms with E-state index in [1.54, 1.807) is 11.6 Å². The number of esters is 2. The molecule has 4 heterocycles. The second-order valence-electron chi connectivity index (χ2n) is 12.8. The maximum absolute atomic E-state index is 12.7. The van der Waals surface area contributed by atoms with E-state index in [0.717, 1.165) is 82.9 Å². The average Bonchev–Trinajstić information content (AvgIpc) is 3.82. The Bertz CT molecular complexity index is 2270. The van der Waals surface area contributed by atoms with Gasteiger partial charge in [0, 0.05) is 41.4 Å². The van der Waals surface area contributed by atoms with Crippen LogP contribution in [0, 0.1) is 0 Å². The van der Waals surface area contributed by atoms with Gasteiger partial charge >= 0.3 is 11.9 Å². The zero-order valence-electron chi connectivity index (χ0n) is 31.1. The third-order valence-corrected chi connectivity index (χ3v) is 9.19. The van der Waals surface area contributed by atoms with Gasteiger partial charge in [0.15, 0.2) is 0 Å². The van der Waals surface area contributed by atoms with Gasteiger partial charge in [-0.25, -0.2) is 29.5 Å². The number of hydrogen-bond donors (Lipinski definition) is 4. The van der Waals surface area contributed by atoms with Crippen molar-refractivity contribution in [3.8, 4) is 22.8 Å². The summed E-state index contributed by atoms with van der Waals surface area (Å²) in [6.45, 7) is 5.74. The summed E-state index contributed by atoms with van der Waals surface area (Å²) >= 11 is 0. The number of rotatable bonds is 12. The molecule has 0 amide bonds. The first-order valence-corrected chi connectivity index (χ1v) is 18.5. The quantitative estimate of drug-likeness (QED) is 0.0865. The Balaban J connectivity index is 0.000000172. The molecule has 4 N–H and O–H groups in total. The molecule has 0 saturated heterocycles. The highest BCUT2D eigenvalue weighted by molar-refractivity contribution is 5.92. The van der Waals surface area contributed by atoms with Crippen molar-refractivity contribution in [3.63, 3.8) is 0 Å². The lowest BCUT2D eigenvalue weighted by Gasteiger charge is -2.16. The Morgan fingerprint density at radius 1 is 0.727 bits per heavy atom. The van der Waals surface area contributed by atoms with Crippen molar-refractivity contribution in [2.75, 3.05) is 37.4 Å². The first kappa shape index (κ1) is 36.9. The predicted octanol–water partition coefficient (Wildman–Crippen LogP) is 5.85. The van der Waals surface area contributed by atoms with Crippen LogP contribution in [-0.4, -0.2) is 78.7 Å². The van der Waals surface area contributed by atoms with Crippen LogP contribution in [0.15, 0.2) is 73.1 Å². The molecule has 0 radical (unpaired) electrons. The van der Waals surface area contributed by atoms with E-state index in [1.165, 1.54) is 0 Å². The van der Waals surface area contributed by atoms with E-state index < -0.39 is 0 Å². The lowest BCUT2D eigenvalue weighted by molar-refractivity contribution is 0.0503. The fourth-order valence-corrected chi connectivity index (χ4v) is 6.63. The van der Waals surface area contributed by atoms with Crippen LogP contribution in [0.4, 0.5) is 23.3 Å². The monoisotopic (exact) mass is 741 g/mol. The van der Waals surface area contributed by atoms with Gasteiger partial charge in [0.05, 0.1) is 24.6 Å². The number of benzene rings is 2. The molecule has 0 spiro atoms. The molecule has 55 heavy (non-hydrogen) atoms. The highest BCUT2D eigenvalue weighted by atomic mass is 16.5. The lowest BCUT2D eigenvalue weighted by Crippen LogP contribution is -2.18. The first-order chi connectivity index (χ1) is 27.0. The number of anilines is 4. The van der Waals surface area contributed by atoms with Crippen LogP contribution in [0.5, 0.6) is 0 Å². The molecule has 282 valence electrons. The number of carbonyl (C=O) groups is 2. The minimum absolute atomic E-state index is 0.323. The van der Waals surface area contributed by atoms with Crippen LogP contribution < -0.4 is 16.0 Å². The third kappa shape index (κ3) is 8.21. The predicted molar refractivity (Wildman–Crippen MR) is 208 cm³/mol. The molecule has 15 nitrogen and oxygen atoms in total. The van der Waals surface area contributed by atoms with Gasteiger partial charge in [-0.2, -0.15) is 10.2 Å². The Morgan fingerprint density at radius 2 is 1.29 bits per heavy atom. The Kier molecular flexibility index (Phi) is 11.5. The van der Waals surface area contributed by atoms with E-state index in [-0.39, 0.29) is 11.9 Å². The van der Waals surface area contributed by atoms with Crippen molar-refractivity contribution >= 4 is 35.2 Å². The molecular weight excluding hydrogens is 699 g/mol. The number of fused-ring (bicyclic) bond motifs is 6. The molecule has 0 saturated carbocycles. The van der Waals surface area contributed by atoms with E-state index in [0.29, 0.717) is 55.2 Å². The topological polar surface area (TPSA) is 187 Å². The number of para-hydroxylation sites is 2. The number of carbonyl (C=O) groups excluding carboxylic acids is 2. The summed E-state index contributed by atoms with van der Waals surface area (Å²) in [5.74, 6) is 0.306. The van der Waals surface area contributed by atoms with Crippen LogP contribution in [0.1, 0.15) is 63.5 Å². The molecule has 0 atom stereocenters. The number of ether oxygens (including phenoxy) is 2. The van der Waals surface area contributed by atoms with Crippen molar-refractivity contribution in [1.82, 2.24) is 45.2 Å². The molecule has 4 aromatic heterocycles. The number of nitrogens with zero attached hydrogens (tertiary/aromatic N) is 7. The van der Waals surface area contributed by atoms with E-state index >= 15 is 0 Å². The summed E-state index contributed by atoms with van der Waals surface area (Å²) in [6.07, 6.45) is 7.48. The van der Waals surface area contributed by atoms with E-state index in [9.17, 15) is 9.59 Å². The maximum atomic E-state index is 12.7. The minimum Gasteiger partial charge on any atom is -0.461 e. The molecule has 0 unspecified atom stereocenters. The summed E-state index contributed by atoms with van der Waals surface area (Å²) in [5.41, 5.74) is 9.60. The van der Waals surface area contributed by atoms with Crippen molar-refractivity contribution in [1.29, 1.82) is 0 Å². The highest BCUT2D eigenvalue weighted by Crippen LogP contribution is 2.35. The standard InChI is InChI=1S/C22H26N6O2.C18H17N5O2/c1-3-30-21(29)20-17-11-10-15-14-24-22(25-16-8-5-4-6-9-16)26-18(15)19(17)27-28(20)13-7-12-23-2;1-2-25-17(24)16-13-9-8-11-10-19-18(20-12-6-4-3-5-7-12)21-14(11)15(13)22-23-16/h4-6,8-9,14,23H,3,7,10-13H2,1-2H3,(H,24,25,26);3-7,10H,2,8-9H2,1H3,(H,22,23)(H,19,20,21). The fraction of sp³-hybridized carbons (Fsp3) is 0.300. The molecule has 2 aliphatic rings. The smallest absolute Gasteiger partial charge is 0.356 e. The van der Waals surface area contributed by atoms with Crippen molar-refractivity contribution < 1.29 is 19.1 Å². The summed E-state index contributed by atoms with van der Waals surface area (Å²) in [6, 6.07) is 19.5. The molecule has 8 rings (SSSR count). The number of aryl methyl sites for hydroxylation is 3. The Morgan fingerprint density at radius 3 is 1.87 bits per heavy atom. The van der Waals surface area contributed by atoms with E-state index in [1.807, 2.05) is 87.0 Å². The lowest BCUT2D eigenvalue weighted by atomic mass is 9.93. The van der Waals surface area contributed by atoms with Gasteiger partial charge in [-0.05, 0) is 94.9 Å². The number of nitrogens with one attached hydrogen (secondary N) is 4. The SMILES string of the molecule is CCOC(=O)c1[nH]nc2c1CCc1cnc(Nc3ccccc3)nc1-2.CCOC(=O)c1c2c(nn1CCCNC)-c1nc(Nc3ccccc3)ncc1CC2. The molecule has 6 aromatic rings. The van der Waals surface area contributed by atoms with Crippen LogP contribution in [0.3, 0.4) is 0 Å². The second kappa shape index (κ2) is 17.1. The van der Waals surface area contributed by atoms with Gasteiger partial charge in [0.25, 0.3) is 0 Å².